The first-order valence-electron chi connectivity index (χ1n) is 13.4. The number of ketones is 1. The second kappa shape index (κ2) is 12.0. The lowest BCUT2D eigenvalue weighted by molar-refractivity contribution is -0.112. The van der Waals surface area contributed by atoms with Crippen LogP contribution in [0.4, 0.5) is 17.2 Å². The summed E-state index contributed by atoms with van der Waals surface area (Å²) < 4.78 is 7.08. The van der Waals surface area contributed by atoms with Gasteiger partial charge in [-0.05, 0) is 79.6 Å². The molecule has 0 bridgehead atoms. The number of ether oxygens (including phenoxy) is 1. The Kier molecular flexibility index (Phi) is 8.01. The van der Waals surface area contributed by atoms with Crippen molar-refractivity contribution in [2.24, 2.45) is 0 Å². The number of aromatic nitrogens is 2. The second-order valence-corrected chi connectivity index (χ2v) is 9.99. The van der Waals surface area contributed by atoms with Gasteiger partial charge in [-0.15, -0.1) is 0 Å². The average Bonchev–Trinajstić information content (AvgIpc) is 3.35. The first-order valence-corrected chi connectivity index (χ1v) is 13.4. The first kappa shape index (κ1) is 27.5. The van der Waals surface area contributed by atoms with Crippen LogP contribution in [0.2, 0.25) is 0 Å². The van der Waals surface area contributed by atoms with Gasteiger partial charge >= 0.3 is 0 Å². The highest BCUT2D eigenvalue weighted by atomic mass is 16.5. The van der Waals surface area contributed by atoms with Gasteiger partial charge in [0.1, 0.15) is 17.3 Å². The summed E-state index contributed by atoms with van der Waals surface area (Å²) in [4.78, 5) is 33.4. The molecule has 3 aromatic heterocycles. The average molecular weight is 548 g/mol. The lowest BCUT2D eigenvalue weighted by Crippen LogP contribution is -2.26. The summed E-state index contributed by atoms with van der Waals surface area (Å²) in [6, 6.07) is 26.7. The Labute approximate surface area is 239 Å². The van der Waals surface area contributed by atoms with Crippen LogP contribution in [0.5, 0.6) is 5.75 Å². The number of likely N-dealkylation sites (N-methyl/N-ethyl adjacent to an activating group) is 1. The Hall–Kier alpha value is -5.11. The largest absolute Gasteiger partial charge is 0.495 e. The molecule has 8 nitrogen and oxygen atoms in total. The summed E-state index contributed by atoms with van der Waals surface area (Å²) >= 11 is 0. The molecule has 0 aliphatic heterocycles. The Morgan fingerprint density at radius 1 is 0.951 bits per heavy atom. The molecule has 0 atom stereocenters. The number of nitrogens with zero attached hydrogens (tertiary/aromatic N) is 3. The number of amides is 1. The van der Waals surface area contributed by atoms with Crippen LogP contribution in [0.3, 0.4) is 0 Å². The van der Waals surface area contributed by atoms with E-state index in [9.17, 15) is 9.59 Å². The second-order valence-electron chi connectivity index (χ2n) is 9.99. The van der Waals surface area contributed by atoms with E-state index in [2.05, 4.69) is 27.4 Å². The molecule has 5 aromatic rings. The minimum absolute atomic E-state index is 0.282. The van der Waals surface area contributed by atoms with Crippen molar-refractivity contribution in [3.05, 3.63) is 108 Å². The third-order valence-electron chi connectivity index (χ3n) is 6.90. The zero-order valence-corrected chi connectivity index (χ0v) is 23.6. The van der Waals surface area contributed by atoms with Gasteiger partial charge in [-0.3, -0.25) is 9.59 Å². The van der Waals surface area contributed by atoms with Crippen LogP contribution in [0.25, 0.3) is 16.6 Å². The summed E-state index contributed by atoms with van der Waals surface area (Å²) in [5.74, 6) is 0.103. The molecule has 0 aliphatic carbocycles. The maximum Gasteiger partial charge on any atom is 0.298 e. The van der Waals surface area contributed by atoms with Crippen molar-refractivity contribution in [1.82, 2.24) is 9.38 Å². The van der Waals surface area contributed by atoms with Crippen LogP contribution >= 0.6 is 0 Å². The van der Waals surface area contributed by atoms with Gasteiger partial charge in [0.2, 0.25) is 0 Å². The van der Waals surface area contributed by atoms with Gasteiger partial charge in [-0.25, -0.2) is 4.98 Å². The molecular formula is C33H33N5O3. The van der Waals surface area contributed by atoms with E-state index in [-0.39, 0.29) is 5.69 Å². The molecule has 0 spiro atoms. The van der Waals surface area contributed by atoms with Crippen LogP contribution in [0.1, 0.15) is 21.7 Å². The molecule has 0 fully saturated rings. The van der Waals surface area contributed by atoms with Gasteiger partial charge < -0.3 is 24.7 Å². The third-order valence-corrected chi connectivity index (χ3v) is 6.90. The Balaban J connectivity index is 1.28. The van der Waals surface area contributed by atoms with E-state index in [0.29, 0.717) is 17.0 Å². The van der Waals surface area contributed by atoms with E-state index < -0.39 is 11.7 Å². The van der Waals surface area contributed by atoms with Gasteiger partial charge in [0, 0.05) is 48.3 Å². The van der Waals surface area contributed by atoms with Crippen LogP contribution in [-0.4, -0.2) is 48.3 Å². The molecule has 0 unspecified atom stereocenters. The fourth-order valence-electron chi connectivity index (χ4n) is 4.85. The highest BCUT2D eigenvalue weighted by molar-refractivity contribution is 6.47. The van der Waals surface area contributed by atoms with Gasteiger partial charge in [0.05, 0.1) is 13.3 Å². The van der Waals surface area contributed by atoms with Crippen LogP contribution < -0.4 is 20.3 Å². The quantitative estimate of drug-likeness (QED) is 0.165. The zero-order valence-electron chi connectivity index (χ0n) is 23.6. The number of rotatable bonds is 10. The maximum absolute atomic E-state index is 13.6. The molecule has 208 valence electrons. The van der Waals surface area contributed by atoms with Crippen molar-refractivity contribution in [2.75, 3.05) is 42.8 Å². The van der Waals surface area contributed by atoms with Gasteiger partial charge in [0.15, 0.2) is 0 Å². The molecule has 2 N–H and O–H groups in total. The Morgan fingerprint density at radius 2 is 1.71 bits per heavy atom. The summed E-state index contributed by atoms with van der Waals surface area (Å²) in [5, 5.41) is 6.14. The number of benzene rings is 2. The Morgan fingerprint density at radius 3 is 2.41 bits per heavy atom. The number of carbonyl (C=O) groups is 2. The van der Waals surface area contributed by atoms with E-state index in [1.54, 1.807) is 29.8 Å². The van der Waals surface area contributed by atoms with Crippen LogP contribution in [0, 0.1) is 13.8 Å². The molecule has 5 rings (SSSR count). The summed E-state index contributed by atoms with van der Waals surface area (Å²) in [5.41, 5.74) is 6.28. The van der Waals surface area contributed by atoms with Crippen molar-refractivity contribution >= 4 is 34.4 Å². The number of hydrogen-bond donors (Lipinski definition) is 2. The van der Waals surface area contributed by atoms with Crippen molar-refractivity contribution in [3.63, 3.8) is 0 Å². The number of Topliss-reactive ketones (excluding diaryl/α,β-unsaturated/α-hetero) is 1. The molecule has 0 saturated carbocycles. The standard InChI is InChI=1S/C33H33N5O3/c1-22-18-23(2)35-30(19-22)34-16-17-37(3)26-12-10-25(11-13-26)36-33(40)32(39)31-29(24-8-6-5-7-9-24)20-27-14-15-28(41-4)21-38(27)31/h5-15,18-21H,16-17H2,1-4H3,(H,34,35)(H,36,40). The number of hydrogen-bond acceptors (Lipinski definition) is 6. The summed E-state index contributed by atoms with van der Waals surface area (Å²) in [6.45, 7) is 5.52. The number of fused-ring (bicyclic) bond motifs is 1. The predicted molar refractivity (Wildman–Crippen MR) is 164 cm³/mol. The monoisotopic (exact) mass is 547 g/mol. The summed E-state index contributed by atoms with van der Waals surface area (Å²) in [7, 11) is 3.57. The fourth-order valence-corrected chi connectivity index (χ4v) is 4.85. The predicted octanol–water partition coefficient (Wildman–Crippen LogP) is 6.00. The van der Waals surface area contributed by atoms with E-state index in [4.69, 9.17) is 4.74 Å². The molecule has 3 heterocycles. The molecule has 8 heteroatoms. The fraction of sp³-hybridized carbons (Fsp3) is 0.182. The molecule has 41 heavy (non-hydrogen) atoms. The minimum atomic E-state index is -0.712. The SMILES string of the molecule is COc1ccc2cc(-c3ccccc3)c(C(=O)C(=O)Nc3ccc(N(C)CCNc4cc(C)cc(C)n4)cc3)n2c1. The highest BCUT2D eigenvalue weighted by Crippen LogP contribution is 2.30. The normalized spacial score (nSPS) is 10.8. The number of carbonyl (C=O) groups excluding carboxylic acids is 2. The molecule has 1 amide bonds. The van der Waals surface area contributed by atoms with E-state index in [1.807, 2.05) is 86.8 Å². The molecular weight excluding hydrogens is 514 g/mol. The van der Waals surface area contributed by atoms with Crippen molar-refractivity contribution in [2.45, 2.75) is 13.8 Å². The Bertz CT molecular complexity index is 1670. The first-order chi connectivity index (χ1) is 19.8. The third kappa shape index (κ3) is 6.22. The van der Waals surface area contributed by atoms with Crippen LogP contribution in [0.15, 0.2) is 91.1 Å². The molecule has 0 saturated heterocycles. The van der Waals surface area contributed by atoms with Crippen molar-refractivity contribution in [3.8, 4) is 16.9 Å². The lowest BCUT2D eigenvalue weighted by Gasteiger charge is -2.20. The summed E-state index contributed by atoms with van der Waals surface area (Å²) in [6.07, 6.45) is 1.72. The maximum atomic E-state index is 13.6. The highest BCUT2D eigenvalue weighted by Gasteiger charge is 2.25. The van der Waals surface area contributed by atoms with E-state index in [1.165, 1.54) is 5.56 Å². The molecule has 0 aliphatic rings. The van der Waals surface area contributed by atoms with E-state index in [0.717, 1.165) is 41.4 Å². The smallest absolute Gasteiger partial charge is 0.298 e. The van der Waals surface area contributed by atoms with Gasteiger partial charge in [-0.1, -0.05) is 30.3 Å². The molecule has 0 radical (unpaired) electrons. The number of pyridine rings is 2. The minimum Gasteiger partial charge on any atom is -0.495 e. The van der Waals surface area contributed by atoms with Crippen molar-refractivity contribution < 1.29 is 14.3 Å². The number of nitrogens with one attached hydrogen (secondary N) is 2. The van der Waals surface area contributed by atoms with Gasteiger partial charge in [0.25, 0.3) is 11.7 Å². The zero-order chi connectivity index (χ0) is 28.9. The van der Waals surface area contributed by atoms with E-state index >= 15 is 0 Å². The topological polar surface area (TPSA) is 88.0 Å². The van der Waals surface area contributed by atoms with Crippen LogP contribution in [-0.2, 0) is 4.79 Å². The molecule has 2 aromatic carbocycles. The number of methoxy groups -OCH3 is 1. The van der Waals surface area contributed by atoms with Crippen molar-refractivity contribution in [1.29, 1.82) is 0 Å². The lowest BCUT2D eigenvalue weighted by atomic mass is 10.0. The number of anilines is 3. The number of aryl methyl sites for hydroxylation is 2. The van der Waals surface area contributed by atoms with Gasteiger partial charge in [-0.2, -0.15) is 0 Å².